The molecular weight excluding hydrogens is 260 g/mol. The highest BCUT2D eigenvalue weighted by atomic mass is 79.9. The first-order chi connectivity index (χ1) is 7.13. The van der Waals surface area contributed by atoms with Crippen LogP contribution in [0.25, 0.3) is 0 Å². The minimum Gasteiger partial charge on any atom is -0.366 e. The van der Waals surface area contributed by atoms with Crippen LogP contribution in [0.2, 0.25) is 0 Å². The Kier molecular flexibility index (Phi) is 4.30. The van der Waals surface area contributed by atoms with E-state index in [-0.39, 0.29) is 11.2 Å². The lowest BCUT2D eigenvalue weighted by atomic mass is 10.1. The van der Waals surface area contributed by atoms with Gasteiger partial charge in [-0.25, -0.2) is 0 Å². The van der Waals surface area contributed by atoms with Crippen molar-refractivity contribution in [2.45, 2.75) is 6.54 Å². The first-order valence-electron chi connectivity index (χ1n) is 4.35. The maximum absolute atomic E-state index is 11.0. The van der Waals surface area contributed by atoms with Crippen LogP contribution in [0.4, 0.5) is 0 Å². The van der Waals surface area contributed by atoms with Gasteiger partial charge in [0.2, 0.25) is 11.8 Å². The van der Waals surface area contributed by atoms with E-state index >= 15 is 0 Å². The van der Waals surface area contributed by atoms with E-state index in [4.69, 9.17) is 5.73 Å². The van der Waals surface area contributed by atoms with Crippen molar-refractivity contribution in [1.82, 2.24) is 5.32 Å². The standard InChI is InChI=1S/C10H11BrN2O2/c11-5-9(14)13-6-7-2-1-3-8(4-7)10(12)15/h1-4H,5-6H2,(H2,12,15)(H,13,14). The zero-order valence-corrected chi connectivity index (χ0v) is 9.58. The van der Waals surface area contributed by atoms with Gasteiger partial charge >= 0.3 is 0 Å². The molecule has 15 heavy (non-hydrogen) atoms. The van der Waals surface area contributed by atoms with E-state index in [9.17, 15) is 9.59 Å². The normalized spacial score (nSPS) is 9.67. The van der Waals surface area contributed by atoms with E-state index < -0.39 is 5.91 Å². The van der Waals surface area contributed by atoms with Crippen LogP contribution in [0, 0.1) is 0 Å². The monoisotopic (exact) mass is 270 g/mol. The number of benzene rings is 1. The molecule has 0 aliphatic heterocycles. The minimum atomic E-state index is -0.469. The maximum Gasteiger partial charge on any atom is 0.248 e. The third kappa shape index (κ3) is 3.71. The molecule has 0 radical (unpaired) electrons. The third-order valence-corrected chi connectivity index (χ3v) is 2.33. The van der Waals surface area contributed by atoms with Crippen LogP contribution in [0.3, 0.4) is 0 Å². The molecule has 0 atom stereocenters. The molecule has 1 aromatic carbocycles. The Labute approximate surface area is 96.0 Å². The Hall–Kier alpha value is -1.36. The van der Waals surface area contributed by atoms with Gasteiger partial charge in [-0.2, -0.15) is 0 Å². The number of alkyl halides is 1. The Morgan fingerprint density at radius 3 is 2.73 bits per heavy atom. The van der Waals surface area contributed by atoms with E-state index in [1.807, 2.05) is 6.07 Å². The summed E-state index contributed by atoms with van der Waals surface area (Å²) < 4.78 is 0. The van der Waals surface area contributed by atoms with Crippen LogP contribution in [-0.2, 0) is 11.3 Å². The van der Waals surface area contributed by atoms with Gasteiger partial charge in [-0.05, 0) is 17.7 Å². The molecule has 4 nitrogen and oxygen atoms in total. The van der Waals surface area contributed by atoms with Gasteiger partial charge in [0.15, 0.2) is 0 Å². The Morgan fingerprint density at radius 1 is 1.40 bits per heavy atom. The molecule has 0 spiro atoms. The number of halogens is 1. The van der Waals surface area contributed by atoms with E-state index in [0.717, 1.165) is 5.56 Å². The fraction of sp³-hybridized carbons (Fsp3) is 0.200. The number of nitrogens with one attached hydrogen (secondary N) is 1. The second-order valence-electron chi connectivity index (χ2n) is 2.97. The average Bonchev–Trinajstić information content (AvgIpc) is 2.26. The van der Waals surface area contributed by atoms with E-state index in [2.05, 4.69) is 21.2 Å². The molecule has 0 fully saturated rings. The van der Waals surface area contributed by atoms with Gasteiger partial charge < -0.3 is 11.1 Å². The van der Waals surface area contributed by atoms with Crippen molar-refractivity contribution in [2.24, 2.45) is 5.73 Å². The Balaban J connectivity index is 2.66. The van der Waals surface area contributed by atoms with Crippen LogP contribution in [0.15, 0.2) is 24.3 Å². The number of carbonyl (C=O) groups excluding carboxylic acids is 2. The Bertz CT molecular complexity index is 379. The molecule has 3 N–H and O–H groups in total. The van der Waals surface area contributed by atoms with Gasteiger partial charge in [0.25, 0.3) is 0 Å². The second-order valence-corrected chi connectivity index (χ2v) is 3.54. The molecule has 5 heteroatoms. The molecule has 2 amide bonds. The summed E-state index contributed by atoms with van der Waals surface area (Å²) in [4.78, 5) is 21.8. The van der Waals surface area contributed by atoms with Crippen molar-refractivity contribution in [3.63, 3.8) is 0 Å². The molecule has 0 aromatic heterocycles. The molecular formula is C10H11BrN2O2. The molecule has 0 unspecified atom stereocenters. The lowest BCUT2D eigenvalue weighted by molar-refractivity contribution is -0.118. The van der Waals surface area contributed by atoms with Crippen molar-refractivity contribution in [1.29, 1.82) is 0 Å². The summed E-state index contributed by atoms with van der Waals surface area (Å²) in [6, 6.07) is 6.85. The van der Waals surface area contributed by atoms with Crippen LogP contribution < -0.4 is 11.1 Å². The smallest absolute Gasteiger partial charge is 0.248 e. The highest BCUT2D eigenvalue weighted by Gasteiger charge is 2.02. The highest BCUT2D eigenvalue weighted by Crippen LogP contribution is 2.04. The van der Waals surface area contributed by atoms with Crippen molar-refractivity contribution >= 4 is 27.7 Å². The largest absolute Gasteiger partial charge is 0.366 e. The fourth-order valence-corrected chi connectivity index (χ4v) is 1.28. The second kappa shape index (κ2) is 5.50. The number of carbonyl (C=O) groups is 2. The highest BCUT2D eigenvalue weighted by molar-refractivity contribution is 9.09. The molecule has 0 aliphatic carbocycles. The predicted octanol–water partition coefficient (Wildman–Crippen LogP) is 0.797. The van der Waals surface area contributed by atoms with Crippen molar-refractivity contribution < 1.29 is 9.59 Å². The van der Waals surface area contributed by atoms with Gasteiger partial charge in [0, 0.05) is 12.1 Å². The SMILES string of the molecule is NC(=O)c1cccc(CNC(=O)CBr)c1. The van der Waals surface area contributed by atoms with E-state index in [0.29, 0.717) is 12.1 Å². The number of primary amides is 1. The van der Waals surface area contributed by atoms with Gasteiger partial charge in [0.1, 0.15) is 0 Å². The first kappa shape index (κ1) is 11.7. The van der Waals surface area contributed by atoms with Gasteiger partial charge in [-0.3, -0.25) is 9.59 Å². The number of hydrogen-bond donors (Lipinski definition) is 2. The van der Waals surface area contributed by atoms with E-state index in [1.54, 1.807) is 18.2 Å². The summed E-state index contributed by atoms with van der Waals surface area (Å²) in [6.45, 7) is 0.394. The molecule has 0 saturated heterocycles. The Morgan fingerprint density at radius 2 is 2.13 bits per heavy atom. The van der Waals surface area contributed by atoms with Gasteiger partial charge in [-0.15, -0.1) is 0 Å². The van der Waals surface area contributed by atoms with Crippen molar-refractivity contribution in [3.8, 4) is 0 Å². The summed E-state index contributed by atoms with van der Waals surface area (Å²) in [5.41, 5.74) is 6.42. The van der Waals surface area contributed by atoms with Crippen molar-refractivity contribution in [2.75, 3.05) is 5.33 Å². The zero-order chi connectivity index (χ0) is 11.3. The lowest BCUT2D eigenvalue weighted by Gasteiger charge is -2.04. The molecule has 1 aromatic rings. The van der Waals surface area contributed by atoms with Crippen LogP contribution in [0.5, 0.6) is 0 Å². The third-order valence-electron chi connectivity index (χ3n) is 1.82. The molecule has 0 aliphatic rings. The summed E-state index contributed by atoms with van der Waals surface area (Å²) in [5.74, 6) is -0.567. The maximum atomic E-state index is 11.0. The zero-order valence-electron chi connectivity index (χ0n) is 8.00. The summed E-state index contributed by atoms with van der Waals surface area (Å²) in [7, 11) is 0. The van der Waals surface area contributed by atoms with Crippen LogP contribution in [0.1, 0.15) is 15.9 Å². The molecule has 0 saturated carbocycles. The summed E-state index contributed by atoms with van der Waals surface area (Å²) in [6.07, 6.45) is 0. The number of rotatable bonds is 4. The summed E-state index contributed by atoms with van der Waals surface area (Å²) >= 11 is 3.04. The molecule has 0 bridgehead atoms. The first-order valence-corrected chi connectivity index (χ1v) is 5.47. The van der Waals surface area contributed by atoms with E-state index in [1.165, 1.54) is 0 Å². The molecule has 0 heterocycles. The van der Waals surface area contributed by atoms with Gasteiger partial charge in [0.05, 0.1) is 5.33 Å². The van der Waals surface area contributed by atoms with Crippen molar-refractivity contribution in [3.05, 3.63) is 35.4 Å². The average molecular weight is 271 g/mol. The van der Waals surface area contributed by atoms with Crippen LogP contribution in [-0.4, -0.2) is 17.1 Å². The van der Waals surface area contributed by atoms with Gasteiger partial charge in [-0.1, -0.05) is 28.1 Å². The minimum absolute atomic E-state index is 0.0977. The van der Waals surface area contributed by atoms with Crippen LogP contribution >= 0.6 is 15.9 Å². The predicted molar refractivity (Wildman–Crippen MR) is 60.6 cm³/mol. The lowest BCUT2D eigenvalue weighted by Crippen LogP contribution is -2.23. The summed E-state index contributed by atoms with van der Waals surface area (Å²) in [5, 5.41) is 2.94. The number of amides is 2. The molecule has 80 valence electrons. The topological polar surface area (TPSA) is 72.2 Å². The molecule has 1 rings (SSSR count). The number of hydrogen-bond acceptors (Lipinski definition) is 2. The number of nitrogens with two attached hydrogens (primary N) is 1. The fourth-order valence-electron chi connectivity index (χ4n) is 1.08. The quantitative estimate of drug-likeness (QED) is 0.795.